The van der Waals surface area contributed by atoms with Crippen LogP contribution in [0.5, 0.6) is 5.75 Å². The summed E-state index contributed by atoms with van der Waals surface area (Å²) in [6.07, 6.45) is 1.49. The second-order valence-corrected chi connectivity index (χ2v) is 5.41. The van der Waals surface area contributed by atoms with Gasteiger partial charge in [-0.1, -0.05) is 23.8 Å². The van der Waals surface area contributed by atoms with Crippen LogP contribution in [0.15, 0.2) is 48.8 Å². The summed E-state index contributed by atoms with van der Waals surface area (Å²) in [6.45, 7) is 3.91. The summed E-state index contributed by atoms with van der Waals surface area (Å²) in [5, 5.41) is 13.8. The molecule has 122 valence electrons. The highest BCUT2D eigenvalue weighted by molar-refractivity contribution is 5.92. The van der Waals surface area contributed by atoms with Crippen molar-refractivity contribution in [2.75, 3.05) is 11.9 Å². The van der Waals surface area contributed by atoms with Crippen LogP contribution in [-0.4, -0.2) is 32.7 Å². The molecule has 3 rings (SSSR count). The Morgan fingerprint density at radius 3 is 2.83 bits per heavy atom. The molecular weight excluding hydrogens is 306 g/mol. The van der Waals surface area contributed by atoms with Crippen molar-refractivity contribution in [3.8, 4) is 11.4 Å². The largest absolute Gasteiger partial charge is 0.483 e. The van der Waals surface area contributed by atoms with Gasteiger partial charge in [0.15, 0.2) is 6.61 Å². The topological polar surface area (TPSA) is 81.9 Å². The predicted molar refractivity (Wildman–Crippen MR) is 89.2 cm³/mol. The van der Waals surface area contributed by atoms with Crippen LogP contribution in [0.3, 0.4) is 0 Å². The molecule has 1 aromatic heterocycles. The van der Waals surface area contributed by atoms with Crippen molar-refractivity contribution >= 4 is 11.6 Å². The Bertz CT molecular complexity index is 846. The summed E-state index contributed by atoms with van der Waals surface area (Å²) in [7, 11) is 0. The van der Waals surface area contributed by atoms with Gasteiger partial charge in [-0.2, -0.15) is 0 Å². The van der Waals surface area contributed by atoms with Crippen molar-refractivity contribution in [1.82, 2.24) is 20.2 Å². The monoisotopic (exact) mass is 323 g/mol. The number of carbonyl (C=O) groups excluding carboxylic acids is 1. The number of aryl methyl sites for hydroxylation is 2. The molecule has 0 unspecified atom stereocenters. The van der Waals surface area contributed by atoms with Crippen LogP contribution in [0, 0.1) is 13.8 Å². The quantitative estimate of drug-likeness (QED) is 0.779. The number of aromatic nitrogens is 4. The zero-order valence-electron chi connectivity index (χ0n) is 13.4. The second-order valence-electron chi connectivity index (χ2n) is 5.41. The molecule has 0 atom stereocenters. The van der Waals surface area contributed by atoms with Gasteiger partial charge in [-0.15, -0.1) is 5.10 Å². The molecule has 0 aliphatic carbocycles. The van der Waals surface area contributed by atoms with E-state index < -0.39 is 0 Å². The van der Waals surface area contributed by atoms with Gasteiger partial charge in [-0.25, -0.2) is 4.68 Å². The first-order valence-electron chi connectivity index (χ1n) is 7.45. The number of benzene rings is 2. The van der Waals surface area contributed by atoms with Crippen LogP contribution in [0.2, 0.25) is 0 Å². The first-order valence-corrected chi connectivity index (χ1v) is 7.45. The number of anilines is 1. The standard InChI is InChI=1S/C17H17N5O2/c1-12-6-7-16(13(2)8-12)24-10-17(23)19-14-4-3-5-15(9-14)22-11-18-20-21-22/h3-9,11H,10H2,1-2H3,(H,19,23). The SMILES string of the molecule is Cc1ccc(OCC(=O)Nc2cccc(-n3cnnn3)c2)c(C)c1. The summed E-state index contributed by atoms with van der Waals surface area (Å²) in [5.74, 6) is 0.474. The van der Waals surface area contributed by atoms with Crippen molar-refractivity contribution in [2.45, 2.75) is 13.8 Å². The van der Waals surface area contributed by atoms with E-state index in [1.165, 1.54) is 11.0 Å². The van der Waals surface area contributed by atoms with E-state index >= 15 is 0 Å². The molecular formula is C17H17N5O2. The van der Waals surface area contributed by atoms with E-state index in [1.54, 1.807) is 12.1 Å². The van der Waals surface area contributed by atoms with Crippen LogP contribution >= 0.6 is 0 Å². The van der Waals surface area contributed by atoms with Crippen LogP contribution < -0.4 is 10.1 Å². The van der Waals surface area contributed by atoms with E-state index in [-0.39, 0.29) is 12.5 Å². The summed E-state index contributed by atoms with van der Waals surface area (Å²) >= 11 is 0. The molecule has 0 saturated heterocycles. The fourth-order valence-corrected chi connectivity index (χ4v) is 2.31. The molecule has 0 aliphatic rings. The smallest absolute Gasteiger partial charge is 0.262 e. The lowest BCUT2D eigenvalue weighted by molar-refractivity contribution is -0.118. The number of hydrogen-bond donors (Lipinski definition) is 1. The first-order chi connectivity index (χ1) is 11.6. The highest BCUT2D eigenvalue weighted by Gasteiger charge is 2.07. The van der Waals surface area contributed by atoms with Crippen molar-refractivity contribution < 1.29 is 9.53 Å². The normalized spacial score (nSPS) is 10.4. The second kappa shape index (κ2) is 6.91. The van der Waals surface area contributed by atoms with Gasteiger partial charge < -0.3 is 10.1 Å². The molecule has 1 heterocycles. The van der Waals surface area contributed by atoms with Crippen LogP contribution in [0.25, 0.3) is 5.69 Å². The van der Waals surface area contributed by atoms with Crippen LogP contribution in [0.1, 0.15) is 11.1 Å². The minimum Gasteiger partial charge on any atom is -0.483 e. The summed E-state index contributed by atoms with van der Waals surface area (Å²) in [4.78, 5) is 12.1. The lowest BCUT2D eigenvalue weighted by atomic mass is 10.1. The number of tetrazole rings is 1. The molecule has 0 bridgehead atoms. The van der Waals surface area contributed by atoms with Crippen LogP contribution in [-0.2, 0) is 4.79 Å². The molecule has 1 N–H and O–H groups in total. The number of rotatable bonds is 5. The highest BCUT2D eigenvalue weighted by atomic mass is 16.5. The number of amides is 1. The molecule has 0 spiro atoms. The fourth-order valence-electron chi connectivity index (χ4n) is 2.31. The van der Waals surface area contributed by atoms with Gasteiger partial charge in [-0.3, -0.25) is 4.79 Å². The third kappa shape index (κ3) is 3.75. The van der Waals surface area contributed by atoms with E-state index in [0.29, 0.717) is 11.4 Å². The minimum atomic E-state index is -0.233. The zero-order valence-corrected chi connectivity index (χ0v) is 13.4. The molecule has 0 radical (unpaired) electrons. The van der Waals surface area contributed by atoms with Gasteiger partial charge in [0, 0.05) is 5.69 Å². The third-order valence-corrected chi connectivity index (χ3v) is 3.43. The Labute approximate surface area is 139 Å². The minimum absolute atomic E-state index is 0.0565. The summed E-state index contributed by atoms with van der Waals surface area (Å²) in [5.41, 5.74) is 3.57. The molecule has 24 heavy (non-hydrogen) atoms. The van der Waals surface area contributed by atoms with E-state index in [0.717, 1.165) is 16.8 Å². The van der Waals surface area contributed by atoms with Gasteiger partial charge in [0.05, 0.1) is 5.69 Å². The summed E-state index contributed by atoms with van der Waals surface area (Å²) in [6, 6.07) is 13.1. The number of hydrogen-bond acceptors (Lipinski definition) is 5. The maximum atomic E-state index is 12.1. The van der Waals surface area contributed by atoms with E-state index in [1.807, 2.05) is 44.2 Å². The Morgan fingerprint density at radius 2 is 2.08 bits per heavy atom. The molecule has 0 aliphatic heterocycles. The number of nitrogens with zero attached hydrogens (tertiary/aromatic N) is 4. The van der Waals surface area contributed by atoms with Gasteiger partial charge in [0.2, 0.25) is 0 Å². The predicted octanol–water partition coefficient (Wildman–Crippen LogP) is 2.30. The Balaban J connectivity index is 1.62. The van der Waals surface area contributed by atoms with Gasteiger partial charge in [-0.05, 0) is 54.1 Å². The van der Waals surface area contributed by atoms with Crippen molar-refractivity contribution in [3.63, 3.8) is 0 Å². The highest BCUT2D eigenvalue weighted by Crippen LogP contribution is 2.19. The average Bonchev–Trinajstić information content (AvgIpc) is 3.09. The zero-order chi connectivity index (χ0) is 16.9. The van der Waals surface area contributed by atoms with Crippen LogP contribution in [0.4, 0.5) is 5.69 Å². The molecule has 2 aromatic carbocycles. The van der Waals surface area contributed by atoms with Crippen molar-refractivity contribution in [2.24, 2.45) is 0 Å². The first kappa shape index (κ1) is 15.7. The van der Waals surface area contributed by atoms with Crippen molar-refractivity contribution in [1.29, 1.82) is 0 Å². The van der Waals surface area contributed by atoms with E-state index in [4.69, 9.17) is 4.74 Å². The molecule has 0 fully saturated rings. The maximum Gasteiger partial charge on any atom is 0.262 e. The van der Waals surface area contributed by atoms with Crippen molar-refractivity contribution in [3.05, 3.63) is 59.9 Å². The summed E-state index contributed by atoms with van der Waals surface area (Å²) < 4.78 is 7.09. The molecule has 3 aromatic rings. The Kier molecular flexibility index (Phi) is 4.51. The van der Waals surface area contributed by atoms with Gasteiger partial charge in [0.25, 0.3) is 5.91 Å². The van der Waals surface area contributed by atoms with Gasteiger partial charge >= 0.3 is 0 Å². The number of ether oxygens (including phenoxy) is 1. The lowest BCUT2D eigenvalue weighted by Gasteiger charge is -2.10. The Hall–Kier alpha value is -3.22. The fraction of sp³-hybridized carbons (Fsp3) is 0.176. The lowest BCUT2D eigenvalue weighted by Crippen LogP contribution is -2.20. The maximum absolute atomic E-state index is 12.1. The molecule has 7 nitrogen and oxygen atoms in total. The third-order valence-electron chi connectivity index (χ3n) is 3.43. The molecule has 1 amide bonds. The molecule has 0 saturated carbocycles. The van der Waals surface area contributed by atoms with E-state index in [2.05, 4.69) is 20.8 Å². The number of nitrogens with one attached hydrogen (secondary N) is 1. The van der Waals surface area contributed by atoms with E-state index in [9.17, 15) is 4.79 Å². The number of carbonyl (C=O) groups is 1. The average molecular weight is 323 g/mol. The Morgan fingerprint density at radius 1 is 1.21 bits per heavy atom. The van der Waals surface area contributed by atoms with Gasteiger partial charge in [0.1, 0.15) is 12.1 Å². The molecule has 7 heteroatoms.